The van der Waals surface area contributed by atoms with Gasteiger partial charge in [0.05, 0.1) is 17.1 Å². The van der Waals surface area contributed by atoms with Gasteiger partial charge in [0.1, 0.15) is 0 Å². The number of rotatable bonds is 6. The van der Waals surface area contributed by atoms with Gasteiger partial charge in [-0.1, -0.05) is 12.5 Å². The number of hydrogen-bond donors (Lipinski definition) is 2. The number of nitrogens with zero attached hydrogens (tertiary/aromatic N) is 1. The van der Waals surface area contributed by atoms with E-state index in [2.05, 4.69) is 5.32 Å². The molecular weight excluding hydrogens is 447 g/mol. The molecule has 1 saturated heterocycles. The van der Waals surface area contributed by atoms with E-state index in [-0.39, 0.29) is 16.5 Å². The summed E-state index contributed by atoms with van der Waals surface area (Å²) >= 11 is 0. The number of nitrogens with one attached hydrogen (secondary N) is 2. The molecule has 2 N–H and O–H groups in total. The van der Waals surface area contributed by atoms with E-state index in [1.54, 1.807) is 0 Å². The first-order valence-corrected chi connectivity index (χ1v) is 11.4. The number of carbonyl (C=O) groups is 2. The highest BCUT2D eigenvalue weighted by atomic mass is 32.2. The molecule has 1 aliphatic heterocycles. The van der Waals surface area contributed by atoms with Crippen molar-refractivity contribution in [1.29, 1.82) is 0 Å². The van der Waals surface area contributed by atoms with Gasteiger partial charge in [0.25, 0.3) is 5.91 Å². The maximum atomic E-state index is 13.6. The first-order valence-electron chi connectivity index (χ1n) is 9.94. The predicted molar refractivity (Wildman–Crippen MR) is 111 cm³/mol. The number of hydrogen-bond acceptors (Lipinski definition) is 4. The van der Waals surface area contributed by atoms with Gasteiger partial charge < -0.3 is 10.6 Å². The van der Waals surface area contributed by atoms with E-state index in [9.17, 15) is 31.2 Å². The number of carbonyl (C=O) groups excluding carboxylic acids is 2. The lowest BCUT2D eigenvalue weighted by atomic mass is 10.1. The van der Waals surface area contributed by atoms with Gasteiger partial charge in [-0.15, -0.1) is 0 Å². The van der Waals surface area contributed by atoms with Crippen molar-refractivity contribution in [3.05, 3.63) is 59.4 Å². The third kappa shape index (κ3) is 5.10. The zero-order valence-electron chi connectivity index (χ0n) is 17.2. The van der Waals surface area contributed by atoms with Crippen LogP contribution in [0.4, 0.5) is 18.9 Å². The highest BCUT2D eigenvalue weighted by molar-refractivity contribution is 7.89. The van der Waals surface area contributed by atoms with E-state index in [1.807, 2.05) is 12.2 Å². The Morgan fingerprint density at radius 3 is 2.56 bits per heavy atom. The van der Waals surface area contributed by atoms with E-state index in [0.717, 1.165) is 25.3 Å². The van der Waals surface area contributed by atoms with Crippen LogP contribution in [0.1, 0.15) is 36.5 Å². The molecule has 172 valence electrons. The summed E-state index contributed by atoms with van der Waals surface area (Å²) in [5.41, 5.74) is -0.561. The Balaban J connectivity index is 1.66. The second-order valence-corrected chi connectivity index (χ2v) is 9.33. The van der Waals surface area contributed by atoms with Gasteiger partial charge >= 0.3 is 0 Å². The van der Waals surface area contributed by atoms with Crippen molar-refractivity contribution in [2.24, 2.45) is 0 Å². The summed E-state index contributed by atoms with van der Waals surface area (Å²) in [6, 6.07) is 6.79. The Kier molecular flexibility index (Phi) is 7.19. The van der Waals surface area contributed by atoms with Crippen molar-refractivity contribution in [2.45, 2.75) is 37.1 Å². The number of sulfonamides is 1. The molecule has 0 spiro atoms. The number of piperidine rings is 1. The van der Waals surface area contributed by atoms with Gasteiger partial charge in [0.15, 0.2) is 17.5 Å². The Bertz CT molecular complexity index is 1140. The number of benzene rings is 2. The molecular formula is C21H22F3N3O4S. The fraction of sp³-hybridized carbons (Fsp3) is 0.333. The zero-order valence-corrected chi connectivity index (χ0v) is 18.0. The van der Waals surface area contributed by atoms with E-state index in [1.165, 1.54) is 28.6 Å². The van der Waals surface area contributed by atoms with Gasteiger partial charge in [-0.25, -0.2) is 21.6 Å². The number of halogens is 3. The molecule has 0 radical (unpaired) electrons. The second-order valence-electron chi connectivity index (χ2n) is 7.44. The van der Waals surface area contributed by atoms with Crippen LogP contribution < -0.4 is 10.6 Å². The summed E-state index contributed by atoms with van der Waals surface area (Å²) < 4.78 is 67.2. The van der Waals surface area contributed by atoms with Crippen molar-refractivity contribution < 1.29 is 31.2 Å². The highest BCUT2D eigenvalue weighted by Crippen LogP contribution is 2.25. The fourth-order valence-electron chi connectivity index (χ4n) is 3.44. The molecule has 3 rings (SSSR count). The molecule has 11 heteroatoms. The monoisotopic (exact) mass is 469 g/mol. The van der Waals surface area contributed by atoms with Crippen LogP contribution in [0.5, 0.6) is 0 Å². The quantitative estimate of drug-likeness (QED) is 0.636. The largest absolute Gasteiger partial charge is 0.343 e. The van der Waals surface area contributed by atoms with Gasteiger partial charge in [-0.3, -0.25) is 9.59 Å². The van der Waals surface area contributed by atoms with E-state index < -0.39 is 51.5 Å². The van der Waals surface area contributed by atoms with Crippen LogP contribution in [0.25, 0.3) is 0 Å². The molecule has 2 aromatic rings. The van der Waals surface area contributed by atoms with Crippen molar-refractivity contribution in [2.75, 3.05) is 18.4 Å². The summed E-state index contributed by atoms with van der Waals surface area (Å²) in [6.45, 7) is 1.64. The molecule has 2 aromatic carbocycles. The molecule has 0 aliphatic carbocycles. The van der Waals surface area contributed by atoms with Crippen molar-refractivity contribution in [3.63, 3.8) is 0 Å². The normalized spacial score (nSPS) is 17.1. The van der Waals surface area contributed by atoms with Crippen molar-refractivity contribution in [1.82, 2.24) is 9.62 Å². The maximum absolute atomic E-state index is 13.6. The summed E-state index contributed by atoms with van der Waals surface area (Å²) in [6.07, 6.45) is 2.47. The van der Waals surface area contributed by atoms with Crippen LogP contribution in [0, 0.1) is 17.5 Å². The highest BCUT2D eigenvalue weighted by Gasteiger charge is 2.31. The minimum absolute atomic E-state index is 0.0162. The SMILES string of the molecule is CC1CCCCN1S(=O)(=O)c1cccc(C(=O)NCC(=O)Nc2ccc(F)c(F)c2F)c1. The summed E-state index contributed by atoms with van der Waals surface area (Å²) in [5.74, 6) is -6.30. The smallest absolute Gasteiger partial charge is 0.251 e. The first-order chi connectivity index (χ1) is 15.1. The summed E-state index contributed by atoms with van der Waals surface area (Å²) in [7, 11) is -3.79. The number of anilines is 1. The molecule has 1 heterocycles. The zero-order chi connectivity index (χ0) is 23.5. The molecule has 0 aromatic heterocycles. The van der Waals surface area contributed by atoms with Crippen LogP contribution in [0.3, 0.4) is 0 Å². The average molecular weight is 469 g/mol. The van der Waals surface area contributed by atoms with Crippen LogP contribution in [0.15, 0.2) is 41.3 Å². The standard InChI is InChI=1S/C21H22F3N3O4S/c1-13-5-2-3-10-27(13)32(30,31)15-7-4-6-14(11-15)21(29)25-12-18(28)26-17-9-8-16(22)19(23)20(17)24/h4,6-9,11,13H,2-3,5,10,12H2,1H3,(H,25,29)(H,26,28). The van der Waals surface area contributed by atoms with Crippen LogP contribution in [-0.2, 0) is 14.8 Å². The lowest BCUT2D eigenvalue weighted by Crippen LogP contribution is -2.42. The Morgan fingerprint density at radius 1 is 1.09 bits per heavy atom. The lowest BCUT2D eigenvalue weighted by molar-refractivity contribution is -0.115. The molecule has 0 saturated carbocycles. The summed E-state index contributed by atoms with van der Waals surface area (Å²) in [5, 5.41) is 4.31. The Labute approximate surface area is 183 Å². The number of amides is 2. The van der Waals surface area contributed by atoms with Crippen molar-refractivity contribution in [3.8, 4) is 0 Å². The van der Waals surface area contributed by atoms with Crippen molar-refractivity contribution >= 4 is 27.5 Å². The van der Waals surface area contributed by atoms with Gasteiger partial charge in [0, 0.05) is 18.2 Å². The first kappa shape index (κ1) is 23.7. The topological polar surface area (TPSA) is 95.6 Å². The van der Waals surface area contributed by atoms with Crippen LogP contribution in [0.2, 0.25) is 0 Å². The van der Waals surface area contributed by atoms with Crippen LogP contribution in [-0.4, -0.2) is 43.7 Å². The predicted octanol–water partition coefficient (Wildman–Crippen LogP) is 3.04. The summed E-state index contributed by atoms with van der Waals surface area (Å²) in [4.78, 5) is 24.3. The average Bonchev–Trinajstić information content (AvgIpc) is 2.78. The fourth-order valence-corrected chi connectivity index (χ4v) is 5.19. The molecule has 32 heavy (non-hydrogen) atoms. The molecule has 2 amide bonds. The second kappa shape index (κ2) is 9.70. The molecule has 0 bridgehead atoms. The van der Waals surface area contributed by atoms with Gasteiger partial charge in [0.2, 0.25) is 15.9 Å². The van der Waals surface area contributed by atoms with Crippen LogP contribution >= 0.6 is 0 Å². The molecule has 1 unspecified atom stereocenters. The molecule has 1 fully saturated rings. The minimum atomic E-state index is -3.79. The third-order valence-corrected chi connectivity index (χ3v) is 7.17. The molecule has 7 nitrogen and oxygen atoms in total. The molecule has 1 atom stereocenters. The van der Waals surface area contributed by atoms with E-state index in [4.69, 9.17) is 0 Å². The Morgan fingerprint density at radius 2 is 1.84 bits per heavy atom. The van der Waals surface area contributed by atoms with Gasteiger partial charge in [-0.05, 0) is 50.1 Å². The maximum Gasteiger partial charge on any atom is 0.251 e. The minimum Gasteiger partial charge on any atom is -0.343 e. The lowest BCUT2D eigenvalue weighted by Gasteiger charge is -2.32. The third-order valence-electron chi connectivity index (χ3n) is 5.16. The Hall–Kier alpha value is -2.92. The molecule has 1 aliphatic rings. The van der Waals surface area contributed by atoms with E-state index in [0.29, 0.717) is 12.6 Å². The van der Waals surface area contributed by atoms with Gasteiger partial charge in [-0.2, -0.15) is 4.31 Å². The van der Waals surface area contributed by atoms with E-state index >= 15 is 0 Å².